The van der Waals surface area contributed by atoms with Crippen LogP contribution < -0.4 is 10.2 Å². The highest BCUT2D eigenvalue weighted by molar-refractivity contribution is 5.97. The van der Waals surface area contributed by atoms with E-state index in [4.69, 9.17) is 0 Å². The fourth-order valence-corrected chi connectivity index (χ4v) is 2.47. The molecule has 0 unspecified atom stereocenters. The van der Waals surface area contributed by atoms with Crippen molar-refractivity contribution in [3.8, 4) is 0 Å². The van der Waals surface area contributed by atoms with Gasteiger partial charge in [0.2, 0.25) is 0 Å². The predicted molar refractivity (Wildman–Crippen MR) is 81.9 cm³/mol. The number of carbonyl (C=O) groups is 2. The first-order valence-electron chi connectivity index (χ1n) is 7.04. The molecule has 1 heterocycles. The van der Waals surface area contributed by atoms with Crippen molar-refractivity contribution >= 4 is 17.7 Å². The number of carbonyl (C=O) groups excluding carboxylic acids is 1. The Morgan fingerprint density at radius 3 is 2.81 bits per heavy atom. The maximum Gasteiger partial charge on any atom is 0.336 e. The summed E-state index contributed by atoms with van der Waals surface area (Å²) in [5.74, 6) is -0.946. The van der Waals surface area contributed by atoms with Crippen LogP contribution in [0, 0.1) is 0 Å². The van der Waals surface area contributed by atoms with Crippen molar-refractivity contribution in [2.75, 3.05) is 18.0 Å². The molecule has 2 N–H and O–H groups in total. The molecule has 5 nitrogen and oxygen atoms in total. The van der Waals surface area contributed by atoms with Crippen molar-refractivity contribution in [3.63, 3.8) is 0 Å². The second-order valence-corrected chi connectivity index (χ2v) is 5.33. The summed E-state index contributed by atoms with van der Waals surface area (Å²) in [5, 5.41) is 12.1. The Kier molecular flexibility index (Phi) is 4.62. The minimum atomic E-state index is -0.946. The van der Waals surface area contributed by atoms with E-state index < -0.39 is 5.97 Å². The Hall–Kier alpha value is -2.30. The van der Waals surface area contributed by atoms with Crippen LogP contribution in [0.15, 0.2) is 29.8 Å². The average molecular weight is 288 g/mol. The summed E-state index contributed by atoms with van der Waals surface area (Å²) >= 11 is 0. The van der Waals surface area contributed by atoms with Crippen LogP contribution in [0.1, 0.15) is 36.2 Å². The lowest BCUT2D eigenvalue weighted by Crippen LogP contribution is -2.43. The quantitative estimate of drug-likeness (QED) is 0.840. The van der Waals surface area contributed by atoms with E-state index >= 15 is 0 Å². The molecule has 1 aliphatic rings. The number of fused-ring (bicyclic) bond motifs is 1. The molecular weight excluding hydrogens is 268 g/mol. The number of carboxylic acids is 1. The van der Waals surface area contributed by atoms with E-state index in [0.717, 1.165) is 17.6 Å². The normalized spacial score (nSPS) is 13.3. The first-order chi connectivity index (χ1) is 10.0. The Bertz CT molecular complexity index is 589. The van der Waals surface area contributed by atoms with Crippen molar-refractivity contribution in [3.05, 3.63) is 41.0 Å². The van der Waals surface area contributed by atoms with Crippen LogP contribution in [-0.2, 0) is 6.42 Å². The maximum atomic E-state index is 12.3. The highest BCUT2D eigenvalue weighted by Gasteiger charge is 2.25. The number of benzene rings is 1. The molecule has 0 saturated heterocycles. The largest absolute Gasteiger partial charge is 0.478 e. The number of nitrogens with zero attached hydrogens (tertiary/aromatic N) is 1. The van der Waals surface area contributed by atoms with E-state index in [9.17, 15) is 14.7 Å². The van der Waals surface area contributed by atoms with E-state index in [0.29, 0.717) is 25.2 Å². The topological polar surface area (TPSA) is 69.6 Å². The molecular formula is C16H20N2O3. The Morgan fingerprint density at radius 1 is 1.38 bits per heavy atom. The summed E-state index contributed by atoms with van der Waals surface area (Å²) in [5.41, 5.74) is 2.88. The molecule has 0 saturated carbocycles. The van der Waals surface area contributed by atoms with Crippen molar-refractivity contribution in [1.29, 1.82) is 0 Å². The van der Waals surface area contributed by atoms with Gasteiger partial charge in [0, 0.05) is 18.8 Å². The van der Waals surface area contributed by atoms with Crippen LogP contribution in [-0.4, -0.2) is 30.2 Å². The Morgan fingerprint density at radius 2 is 2.14 bits per heavy atom. The molecule has 0 fully saturated rings. The van der Waals surface area contributed by atoms with Crippen LogP contribution in [0.3, 0.4) is 0 Å². The third kappa shape index (κ3) is 3.42. The summed E-state index contributed by atoms with van der Waals surface area (Å²) < 4.78 is 0. The molecule has 5 heteroatoms. The Balaban J connectivity index is 2.22. The highest BCUT2D eigenvalue weighted by Crippen LogP contribution is 2.29. The van der Waals surface area contributed by atoms with Crippen molar-refractivity contribution in [2.45, 2.75) is 26.7 Å². The number of rotatable bonds is 3. The smallest absolute Gasteiger partial charge is 0.336 e. The predicted octanol–water partition coefficient (Wildman–Crippen LogP) is 2.81. The van der Waals surface area contributed by atoms with Crippen molar-refractivity contribution in [1.82, 2.24) is 5.32 Å². The first-order valence-corrected chi connectivity index (χ1v) is 7.04. The van der Waals surface area contributed by atoms with Gasteiger partial charge in [-0.05, 0) is 44.4 Å². The van der Waals surface area contributed by atoms with Crippen molar-refractivity contribution in [2.24, 2.45) is 0 Å². The fraction of sp³-hybridized carbons (Fsp3) is 0.375. The van der Waals surface area contributed by atoms with Crippen LogP contribution >= 0.6 is 0 Å². The lowest BCUT2D eigenvalue weighted by atomic mass is 9.96. The van der Waals surface area contributed by atoms with E-state index in [1.54, 1.807) is 23.1 Å². The summed E-state index contributed by atoms with van der Waals surface area (Å²) in [6.45, 7) is 5.03. The number of anilines is 1. The standard InChI is InChI=1S/C16H20N2O3/c1-11(2)8-9-17-16(21)18-10-4-6-12-13(15(19)20)5-3-7-14(12)18/h3,5,7-8H,4,6,9-10H2,1-2H3,(H,17,21)(H,19,20). The summed E-state index contributed by atoms with van der Waals surface area (Å²) in [7, 11) is 0. The molecule has 1 aromatic rings. The number of urea groups is 1. The molecule has 0 atom stereocenters. The van der Waals surface area contributed by atoms with Gasteiger partial charge in [-0.1, -0.05) is 17.7 Å². The number of hydrogen-bond donors (Lipinski definition) is 2. The third-order valence-electron chi connectivity index (χ3n) is 3.49. The molecule has 112 valence electrons. The summed E-state index contributed by atoms with van der Waals surface area (Å²) in [4.78, 5) is 25.2. The highest BCUT2D eigenvalue weighted by atomic mass is 16.4. The molecule has 0 radical (unpaired) electrons. The number of hydrogen-bond acceptors (Lipinski definition) is 2. The zero-order valence-corrected chi connectivity index (χ0v) is 12.3. The monoisotopic (exact) mass is 288 g/mol. The minimum Gasteiger partial charge on any atom is -0.478 e. The van der Waals surface area contributed by atoms with E-state index in [-0.39, 0.29) is 11.6 Å². The van der Waals surface area contributed by atoms with E-state index in [1.165, 1.54) is 0 Å². The van der Waals surface area contributed by atoms with Crippen LogP contribution in [0.25, 0.3) is 0 Å². The molecule has 0 spiro atoms. The molecule has 0 aliphatic carbocycles. The van der Waals surface area contributed by atoms with Gasteiger partial charge in [-0.15, -0.1) is 0 Å². The van der Waals surface area contributed by atoms with Gasteiger partial charge >= 0.3 is 12.0 Å². The van der Waals surface area contributed by atoms with E-state index in [2.05, 4.69) is 5.32 Å². The summed E-state index contributed by atoms with van der Waals surface area (Å²) in [6, 6.07) is 4.90. The van der Waals surface area contributed by atoms with Gasteiger partial charge < -0.3 is 10.4 Å². The summed E-state index contributed by atoms with van der Waals surface area (Å²) in [6.07, 6.45) is 3.40. The van der Waals surface area contributed by atoms with Gasteiger partial charge in [0.15, 0.2) is 0 Å². The molecule has 1 aromatic carbocycles. The third-order valence-corrected chi connectivity index (χ3v) is 3.49. The fourth-order valence-electron chi connectivity index (χ4n) is 2.47. The number of amides is 2. The zero-order valence-electron chi connectivity index (χ0n) is 12.3. The molecule has 0 aromatic heterocycles. The SMILES string of the molecule is CC(C)=CCNC(=O)N1CCCc2c(C(=O)O)cccc21. The lowest BCUT2D eigenvalue weighted by Gasteiger charge is -2.30. The molecule has 1 aliphatic heterocycles. The first kappa shape index (κ1) is 15.1. The van der Waals surface area contributed by atoms with Gasteiger partial charge in [0.25, 0.3) is 0 Å². The van der Waals surface area contributed by atoms with Gasteiger partial charge in [0.05, 0.1) is 5.56 Å². The van der Waals surface area contributed by atoms with Gasteiger partial charge in [-0.2, -0.15) is 0 Å². The number of allylic oxidation sites excluding steroid dienone is 1. The number of carboxylic acid groups (broad SMARTS) is 1. The lowest BCUT2D eigenvalue weighted by molar-refractivity contribution is 0.0695. The molecule has 2 rings (SSSR count). The zero-order chi connectivity index (χ0) is 15.4. The maximum absolute atomic E-state index is 12.3. The molecule has 2 amide bonds. The number of nitrogens with one attached hydrogen (secondary N) is 1. The van der Waals surface area contributed by atoms with Crippen LogP contribution in [0.4, 0.5) is 10.5 Å². The average Bonchev–Trinajstić information content (AvgIpc) is 2.45. The molecule has 21 heavy (non-hydrogen) atoms. The second kappa shape index (κ2) is 6.43. The molecule has 0 bridgehead atoms. The van der Waals surface area contributed by atoms with Crippen molar-refractivity contribution < 1.29 is 14.7 Å². The van der Waals surface area contributed by atoms with Gasteiger partial charge in [-0.3, -0.25) is 4.90 Å². The van der Waals surface area contributed by atoms with Crippen LogP contribution in [0.2, 0.25) is 0 Å². The van der Waals surface area contributed by atoms with E-state index in [1.807, 2.05) is 19.9 Å². The van der Waals surface area contributed by atoms with Gasteiger partial charge in [-0.25, -0.2) is 9.59 Å². The van der Waals surface area contributed by atoms with Gasteiger partial charge in [0.1, 0.15) is 0 Å². The second-order valence-electron chi connectivity index (χ2n) is 5.33. The number of aromatic carboxylic acids is 1. The Labute approximate surface area is 124 Å². The minimum absolute atomic E-state index is 0.184. The van der Waals surface area contributed by atoms with Crippen LogP contribution in [0.5, 0.6) is 0 Å².